The van der Waals surface area contributed by atoms with Crippen LogP contribution in [-0.4, -0.2) is 35.3 Å². The molecule has 0 saturated heterocycles. The van der Waals surface area contributed by atoms with Crippen LogP contribution in [0, 0.1) is 0 Å². The Labute approximate surface area is 161 Å². The van der Waals surface area contributed by atoms with Crippen LogP contribution in [-0.2, 0) is 16.1 Å². The topological polar surface area (TPSA) is 87.7 Å². The molecule has 1 aromatic carbocycles. The van der Waals surface area contributed by atoms with Gasteiger partial charge in [-0.05, 0) is 24.8 Å². The maximum absolute atomic E-state index is 13.0. The van der Waals surface area contributed by atoms with E-state index in [0.717, 1.165) is 44.1 Å². The highest BCUT2D eigenvalue weighted by molar-refractivity contribution is 5.90. The van der Waals surface area contributed by atoms with Gasteiger partial charge in [0, 0.05) is 0 Å². The molecule has 0 radical (unpaired) electrons. The molecule has 0 aromatic heterocycles. The minimum atomic E-state index is -0.953. The van der Waals surface area contributed by atoms with Crippen molar-refractivity contribution in [3.05, 3.63) is 35.9 Å². The van der Waals surface area contributed by atoms with Gasteiger partial charge in [0.05, 0.1) is 12.6 Å². The van der Waals surface area contributed by atoms with Crippen molar-refractivity contribution in [2.24, 2.45) is 0 Å². The van der Waals surface area contributed by atoms with Gasteiger partial charge >= 0.3 is 6.09 Å². The second-order valence-corrected chi connectivity index (χ2v) is 7.32. The summed E-state index contributed by atoms with van der Waals surface area (Å²) in [6.07, 6.45) is 6.08. The molecule has 27 heavy (non-hydrogen) atoms. The third kappa shape index (κ3) is 6.54. The predicted molar refractivity (Wildman–Crippen MR) is 104 cm³/mol. The molecule has 1 aromatic rings. The van der Waals surface area contributed by atoms with Crippen LogP contribution in [0.1, 0.15) is 63.9 Å². The van der Waals surface area contributed by atoms with E-state index in [-0.39, 0.29) is 25.2 Å². The summed E-state index contributed by atoms with van der Waals surface area (Å²) in [6, 6.07) is 9.17. The van der Waals surface area contributed by atoms with Crippen LogP contribution in [0.2, 0.25) is 0 Å². The molecule has 0 spiro atoms. The standard InChI is InChI=1S/C21H32N2O4/c1-2-3-12-18(15-24)22-19(25)21(13-8-5-9-14-21)23-20(26)27-16-17-10-6-4-7-11-17/h4,6-7,10-11,18,24H,2-3,5,8-9,12-16H2,1H3,(H,22,25)(H,23,26)/t18-/m0/s1. The number of aliphatic hydroxyl groups is 1. The maximum atomic E-state index is 13.0. The number of aliphatic hydroxyl groups excluding tert-OH is 1. The average molecular weight is 376 g/mol. The molecule has 1 saturated carbocycles. The lowest BCUT2D eigenvalue weighted by molar-refractivity contribution is -0.130. The van der Waals surface area contributed by atoms with E-state index in [1.54, 1.807) is 0 Å². The number of hydrogen-bond acceptors (Lipinski definition) is 4. The molecule has 150 valence electrons. The van der Waals surface area contributed by atoms with Gasteiger partial charge in [0.25, 0.3) is 0 Å². The van der Waals surface area contributed by atoms with Crippen molar-refractivity contribution in [2.45, 2.75) is 76.5 Å². The summed E-state index contributed by atoms with van der Waals surface area (Å²) < 4.78 is 5.32. The fraction of sp³-hybridized carbons (Fsp3) is 0.619. The maximum Gasteiger partial charge on any atom is 0.408 e. The monoisotopic (exact) mass is 376 g/mol. The molecule has 1 aliphatic rings. The number of carbonyl (C=O) groups is 2. The summed E-state index contributed by atoms with van der Waals surface area (Å²) in [4.78, 5) is 25.3. The quantitative estimate of drug-likeness (QED) is 0.617. The second-order valence-electron chi connectivity index (χ2n) is 7.32. The van der Waals surface area contributed by atoms with Gasteiger partial charge in [0.1, 0.15) is 12.1 Å². The SMILES string of the molecule is CCCC[C@@H](CO)NC(=O)C1(NC(=O)OCc2ccccc2)CCCCC1. The van der Waals surface area contributed by atoms with Gasteiger partial charge in [-0.25, -0.2) is 4.79 Å². The van der Waals surface area contributed by atoms with E-state index in [2.05, 4.69) is 17.6 Å². The average Bonchev–Trinajstić information content (AvgIpc) is 2.70. The van der Waals surface area contributed by atoms with Gasteiger partial charge in [-0.2, -0.15) is 0 Å². The van der Waals surface area contributed by atoms with E-state index < -0.39 is 11.6 Å². The Hall–Kier alpha value is -2.08. The van der Waals surface area contributed by atoms with Gasteiger partial charge in [-0.15, -0.1) is 0 Å². The Balaban J connectivity index is 1.97. The lowest BCUT2D eigenvalue weighted by Gasteiger charge is -2.37. The van der Waals surface area contributed by atoms with Gasteiger partial charge in [-0.3, -0.25) is 4.79 Å². The van der Waals surface area contributed by atoms with Crippen LogP contribution < -0.4 is 10.6 Å². The number of amides is 2. The number of carbonyl (C=O) groups excluding carboxylic acids is 2. The molecular weight excluding hydrogens is 344 g/mol. The molecule has 3 N–H and O–H groups in total. The Morgan fingerprint density at radius 1 is 1.19 bits per heavy atom. The molecule has 6 heteroatoms. The smallest absolute Gasteiger partial charge is 0.408 e. The van der Waals surface area contributed by atoms with Crippen LogP contribution in [0.25, 0.3) is 0 Å². The summed E-state index contributed by atoms with van der Waals surface area (Å²) in [7, 11) is 0. The Bertz CT molecular complexity index is 585. The van der Waals surface area contributed by atoms with Gasteiger partial charge in [-0.1, -0.05) is 69.4 Å². The molecule has 2 rings (SSSR count). The highest BCUT2D eigenvalue weighted by atomic mass is 16.5. The molecule has 0 bridgehead atoms. The first kappa shape index (κ1) is 21.2. The van der Waals surface area contributed by atoms with Crippen molar-refractivity contribution >= 4 is 12.0 Å². The first-order chi connectivity index (χ1) is 13.1. The minimum Gasteiger partial charge on any atom is -0.445 e. The lowest BCUT2D eigenvalue weighted by Crippen LogP contribution is -2.61. The Morgan fingerprint density at radius 2 is 1.89 bits per heavy atom. The van der Waals surface area contributed by atoms with Crippen LogP contribution in [0.4, 0.5) is 4.79 Å². The van der Waals surface area contributed by atoms with E-state index in [1.807, 2.05) is 30.3 Å². The van der Waals surface area contributed by atoms with E-state index in [1.165, 1.54) is 0 Å². The van der Waals surface area contributed by atoms with E-state index in [9.17, 15) is 14.7 Å². The Kier molecular flexibility index (Phi) is 8.58. The zero-order valence-corrected chi connectivity index (χ0v) is 16.2. The molecule has 1 fully saturated rings. The summed E-state index contributed by atoms with van der Waals surface area (Å²) in [5, 5.41) is 15.3. The number of alkyl carbamates (subject to hydrolysis) is 1. The summed E-state index contributed by atoms with van der Waals surface area (Å²) >= 11 is 0. The third-order valence-electron chi connectivity index (χ3n) is 5.16. The van der Waals surface area contributed by atoms with Crippen LogP contribution in [0.5, 0.6) is 0 Å². The van der Waals surface area contributed by atoms with Crippen LogP contribution in [0.15, 0.2) is 30.3 Å². The summed E-state index contributed by atoms with van der Waals surface area (Å²) in [6.45, 7) is 2.14. The van der Waals surface area contributed by atoms with Crippen molar-refractivity contribution < 1.29 is 19.4 Å². The first-order valence-electron chi connectivity index (χ1n) is 10.0. The number of hydrogen-bond donors (Lipinski definition) is 3. The Morgan fingerprint density at radius 3 is 2.52 bits per heavy atom. The van der Waals surface area contributed by atoms with Crippen molar-refractivity contribution in [2.75, 3.05) is 6.61 Å². The number of ether oxygens (including phenoxy) is 1. The summed E-state index contributed by atoms with van der Waals surface area (Å²) in [5.74, 6) is -0.214. The molecule has 6 nitrogen and oxygen atoms in total. The number of nitrogens with one attached hydrogen (secondary N) is 2. The fourth-order valence-corrected chi connectivity index (χ4v) is 3.50. The van der Waals surface area contributed by atoms with E-state index in [4.69, 9.17) is 4.74 Å². The highest BCUT2D eigenvalue weighted by Crippen LogP contribution is 2.29. The molecule has 0 aliphatic heterocycles. The highest BCUT2D eigenvalue weighted by Gasteiger charge is 2.42. The number of unbranched alkanes of at least 4 members (excludes halogenated alkanes) is 1. The summed E-state index contributed by atoms with van der Waals surface area (Å²) in [5.41, 5.74) is -0.0548. The normalized spacial score (nSPS) is 17.0. The molecule has 1 atom stereocenters. The number of rotatable bonds is 9. The molecule has 2 amide bonds. The first-order valence-corrected chi connectivity index (χ1v) is 10.0. The minimum absolute atomic E-state index is 0.0970. The van der Waals surface area contributed by atoms with Crippen LogP contribution >= 0.6 is 0 Å². The number of benzene rings is 1. The van der Waals surface area contributed by atoms with E-state index >= 15 is 0 Å². The van der Waals surface area contributed by atoms with Crippen molar-refractivity contribution in [3.63, 3.8) is 0 Å². The largest absolute Gasteiger partial charge is 0.445 e. The third-order valence-corrected chi connectivity index (χ3v) is 5.16. The fourth-order valence-electron chi connectivity index (χ4n) is 3.50. The van der Waals surface area contributed by atoms with Crippen molar-refractivity contribution in [3.8, 4) is 0 Å². The zero-order valence-electron chi connectivity index (χ0n) is 16.2. The van der Waals surface area contributed by atoms with Crippen LogP contribution in [0.3, 0.4) is 0 Å². The molecular formula is C21H32N2O4. The van der Waals surface area contributed by atoms with Crippen molar-refractivity contribution in [1.29, 1.82) is 0 Å². The van der Waals surface area contributed by atoms with Gasteiger partial charge < -0.3 is 20.5 Å². The van der Waals surface area contributed by atoms with Gasteiger partial charge in [0.15, 0.2) is 0 Å². The molecule has 0 unspecified atom stereocenters. The van der Waals surface area contributed by atoms with Gasteiger partial charge in [0.2, 0.25) is 5.91 Å². The molecule has 0 heterocycles. The predicted octanol–water partition coefficient (Wildman–Crippen LogP) is 3.28. The van der Waals surface area contributed by atoms with E-state index in [0.29, 0.717) is 12.8 Å². The second kappa shape index (κ2) is 10.9. The molecule has 1 aliphatic carbocycles. The lowest BCUT2D eigenvalue weighted by atomic mass is 9.80. The van der Waals surface area contributed by atoms with Crippen molar-refractivity contribution in [1.82, 2.24) is 10.6 Å². The zero-order chi connectivity index (χ0) is 19.5.